The number of carbonyl (C=O) groups is 4. The summed E-state index contributed by atoms with van der Waals surface area (Å²) in [5.41, 5.74) is 10.9. The number of hydrogen-bond acceptors (Lipinski definition) is 15. The Morgan fingerprint density at radius 2 is 1.04 bits per heavy atom. The number of carbonyl (C=O) groups excluding carboxylic acids is 3. The highest BCUT2D eigenvalue weighted by molar-refractivity contribution is 7.98. The normalized spacial score (nSPS) is 12.0. The molecule has 0 bridgehead atoms. The third-order valence-electron chi connectivity index (χ3n) is 9.13. The fourth-order valence-electron chi connectivity index (χ4n) is 5.81. The molecule has 0 aliphatic carbocycles. The van der Waals surface area contributed by atoms with Crippen LogP contribution < -0.4 is 20.5 Å². The van der Waals surface area contributed by atoms with Crippen LogP contribution in [-0.2, 0) is 42.5 Å². The molecule has 6 N–H and O–H groups in total. The SMILES string of the molecule is CS(=O)(=O)Nc1ccc(C(=O)O)cc1.CSCCC(NC(=O)c1ccc(NS(C)(=O)=O)cc1)C(=O)Cc1nc(-c2ccccc2)cs1.CSCC[C@H](N)C(=O)Cc1nc(-c2ccccc2)cs1. The summed E-state index contributed by atoms with van der Waals surface area (Å²) in [7, 11) is -6.71. The Hall–Kier alpha value is -5.42. The van der Waals surface area contributed by atoms with Crippen LogP contribution in [0.1, 0.15) is 43.6 Å². The first-order valence-corrected chi connectivity index (χ1v) is 28.7. The van der Waals surface area contributed by atoms with Crippen molar-refractivity contribution in [1.29, 1.82) is 0 Å². The van der Waals surface area contributed by atoms with E-state index < -0.39 is 32.1 Å². The standard InChI is InChI=1S/C23H25N3O4S3.C15H18N2OS2.C8H9NO4S/c1-31-13-12-19(25-23(28)17-8-10-18(11-9-17)26-33(2,29)30)21(27)14-22-24-20(15-32-22)16-6-4-3-5-7-16;1-19-8-7-12(16)14(18)9-15-17-13(10-20-15)11-5-3-2-4-6-11;1-14(12,13)9-7-4-2-6(3-5-7)8(10)11/h3-11,15,19,26H,12-14H2,1-2H3,(H,25,28);2-6,10,12H,7-9,16H2,1H3;2-5,9H,1H3,(H,10,11)/t;12-;/m.0./s1. The minimum absolute atomic E-state index is 0.0769. The highest BCUT2D eigenvalue weighted by Crippen LogP contribution is 2.24. The molecule has 0 saturated heterocycles. The van der Waals surface area contributed by atoms with Crippen molar-refractivity contribution in [3.05, 3.63) is 141 Å². The Labute approximate surface area is 407 Å². The minimum Gasteiger partial charge on any atom is -0.478 e. The number of hydrogen-bond donors (Lipinski definition) is 5. The molecule has 2 atom stereocenters. The van der Waals surface area contributed by atoms with E-state index in [1.54, 1.807) is 23.5 Å². The summed E-state index contributed by atoms with van der Waals surface area (Å²) >= 11 is 6.26. The molecule has 0 aliphatic rings. The van der Waals surface area contributed by atoms with Gasteiger partial charge in [0.25, 0.3) is 5.91 Å². The van der Waals surface area contributed by atoms with Crippen LogP contribution in [-0.4, -0.2) is 104 Å². The molecule has 1 unspecified atom stereocenters. The van der Waals surface area contributed by atoms with Gasteiger partial charge in [0.05, 0.1) is 54.4 Å². The van der Waals surface area contributed by atoms with Crippen molar-refractivity contribution in [3.8, 4) is 22.5 Å². The quantitative estimate of drug-likeness (QED) is 0.0466. The predicted octanol–water partition coefficient (Wildman–Crippen LogP) is 7.60. The average Bonchev–Trinajstić information content (AvgIpc) is 3.97. The van der Waals surface area contributed by atoms with Crippen molar-refractivity contribution in [2.75, 3.05) is 46.0 Å². The van der Waals surface area contributed by atoms with Crippen molar-refractivity contribution in [2.24, 2.45) is 5.73 Å². The monoisotopic (exact) mass is 1020 g/mol. The summed E-state index contributed by atoms with van der Waals surface area (Å²) in [6, 6.07) is 30.2. The second kappa shape index (κ2) is 26.8. The number of Topliss-reactive ketones (excluding diaryl/α,β-unsaturated/α-hetero) is 2. The number of aromatic carboxylic acids is 1. The molecule has 0 saturated carbocycles. The second-order valence-corrected chi connectivity index (χ2v) is 22.0. The lowest BCUT2D eigenvalue weighted by atomic mass is 10.1. The van der Waals surface area contributed by atoms with E-state index in [0.717, 1.165) is 58.0 Å². The number of nitrogens with two attached hydrogens (primary N) is 1. The lowest BCUT2D eigenvalue weighted by Crippen LogP contribution is -2.42. The highest BCUT2D eigenvalue weighted by Gasteiger charge is 2.23. The molecule has 0 spiro atoms. The Morgan fingerprint density at radius 1 is 0.627 bits per heavy atom. The number of sulfonamides is 2. The number of carboxylic acid groups (broad SMARTS) is 1. The van der Waals surface area contributed by atoms with Crippen LogP contribution in [0.25, 0.3) is 22.5 Å². The van der Waals surface area contributed by atoms with Gasteiger partial charge in [0, 0.05) is 38.8 Å². The van der Waals surface area contributed by atoms with Crippen molar-refractivity contribution in [1.82, 2.24) is 15.3 Å². The van der Waals surface area contributed by atoms with Gasteiger partial charge in [-0.1, -0.05) is 60.7 Å². The summed E-state index contributed by atoms with van der Waals surface area (Å²) in [4.78, 5) is 57.3. The number of thioether (sulfide) groups is 2. The summed E-state index contributed by atoms with van der Waals surface area (Å²) in [6.07, 6.45) is 7.78. The predicted molar refractivity (Wildman–Crippen MR) is 275 cm³/mol. The Kier molecular flexibility index (Phi) is 21.7. The van der Waals surface area contributed by atoms with Crippen LogP contribution in [0.5, 0.6) is 0 Å². The first-order valence-electron chi connectivity index (χ1n) is 20.3. The van der Waals surface area contributed by atoms with Gasteiger partial charge in [-0.15, -0.1) is 22.7 Å². The largest absolute Gasteiger partial charge is 0.478 e. The van der Waals surface area contributed by atoms with Gasteiger partial charge in [0.2, 0.25) is 20.0 Å². The molecule has 1 amide bonds. The lowest BCUT2D eigenvalue weighted by molar-refractivity contribution is -0.120. The number of benzene rings is 4. The van der Waals surface area contributed by atoms with Gasteiger partial charge in [-0.25, -0.2) is 31.6 Å². The van der Waals surface area contributed by atoms with Crippen LogP contribution in [0.2, 0.25) is 0 Å². The van der Waals surface area contributed by atoms with E-state index in [0.29, 0.717) is 34.8 Å². The van der Waals surface area contributed by atoms with Crippen LogP contribution in [0.3, 0.4) is 0 Å². The van der Waals surface area contributed by atoms with Gasteiger partial charge < -0.3 is 16.2 Å². The van der Waals surface area contributed by atoms with Gasteiger partial charge in [0.15, 0.2) is 11.6 Å². The number of thiazole rings is 2. The molecule has 356 valence electrons. The molecule has 0 radical (unpaired) electrons. The smallest absolute Gasteiger partial charge is 0.335 e. The second-order valence-electron chi connectivity index (χ2n) is 14.7. The molecular weight excluding hydrogens is 973 g/mol. The van der Waals surface area contributed by atoms with Gasteiger partial charge in [0.1, 0.15) is 10.0 Å². The van der Waals surface area contributed by atoms with Crippen LogP contribution in [0.15, 0.2) is 120 Å². The number of rotatable bonds is 21. The third-order valence-corrected chi connectivity index (χ3v) is 13.3. The van der Waals surface area contributed by atoms with Crippen molar-refractivity contribution in [2.45, 2.75) is 37.8 Å². The first-order chi connectivity index (χ1) is 31.8. The summed E-state index contributed by atoms with van der Waals surface area (Å²) in [5.74, 6) is 0.191. The number of anilines is 2. The zero-order valence-electron chi connectivity index (χ0n) is 37.1. The topological polar surface area (TPSA) is 245 Å². The molecule has 0 aliphatic heterocycles. The lowest BCUT2D eigenvalue weighted by Gasteiger charge is -2.17. The van der Waals surface area contributed by atoms with Crippen LogP contribution >= 0.6 is 46.2 Å². The van der Waals surface area contributed by atoms with Gasteiger partial charge in [-0.05, 0) is 85.4 Å². The van der Waals surface area contributed by atoms with Crippen molar-refractivity contribution < 1.29 is 41.1 Å². The molecule has 21 heteroatoms. The Bertz CT molecular complexity index is 2750. The molecule has 4 aromatic carbocycles. The van der Waals surface area contributed by atoms with Crippen LogP contribution in [0, 0.1) is 0 Å². The Balaban J connectivity index is 0.000000244. The first kappa shape index (κ1) is 54.2. The van der Waals surface area contributed by atoms with E-state index in [4.69, 9.17) is 10.8 Å². The zero-order chi connectivity index (χ0) is 49.0. The molecule has 67 heavy (non-hydrogen) atoms. The van der Waals surface area contributed by atoms with E-state index in [1.807, 2.05) is 83.9 Å². The molecule has 2 heterocycles. The van der Waals surface area contributed by atoms with Gasteiger partial charge in [-0.2, -0.15) is 23.5 Å². The average molecular weight is 1030 g/mol. The van der Waals surface area contributed by atoms with Crippen LogP contribution in [0.4, 0.5) is 11.4 Å². The molecule has 6 rings (SSSR count). The van der Waals surface area contributed by atoms with Gasteiger partial charge >= 0.3 is 5.97 Å². The molecule has 15 nitrogen and oxygen atoms in total. The van der Waals surface area contributed by atoms with E-state index in [1.165, 1.54) is 71.2 Å². The number of amides is 1. The molecule has 6 aromatic rings. The zero-order valence-corrected chi connectivity index (χ0v) is 42.0. The summed E-state index contributed by atoms with van der Waals surface area (Å²) < 4.78 is 48.8. The van der Waals surface area contributed by atoms with Crippen molar-refractivity contribution >= 4 is 101 Å². The number of aromatic nitrogens is 2. The van der Waals surface area contributed by atoms with E-state index >= 15 is 0 Å². The Morgan fingerprint density at radius 3 is 1.46 bits per heavy atom. The van der Waals surface area contributed by atoms with E-state index in [2.05, 4.69) is 24.7 Å². The number of nitrogens with one attached hydrogen (secondary N) is 3. The van der Waals surface area contributed by atoms with E-state index in [-0.39, 0.29) is 35.5 Å². The fraction of sp³-hybridized carbons (Fsp3) is 0.261. The van der Waals surface area contributed by atoms with Crippen molar-refractivity contribution in [3.63, 3.8) is 0 Å². The number of nitrogens with zero attached hydrogens (tertiary/aromatic N) is 2. The third kappa shape index (κ3) is 19.8. The minimum atomic E-state index is -3.40. The number of ketones is 2. The summed E-state index contributed by atoms with van der Waals surface area (Å²) in [5, 5.41) is 16.9. The highest BCUT2D eigenvalue weighted by atomic mass is 32.2. The molecule has 0 fully saturated rings. The fourth-order valence-corrected chi connectivity index (χ4v) is 9.53. The number of carboxylic acids is 1. The summed E-state index contributed by atoms with van der Waals surface area (Å²) in [6.45, 7) is 0. The molecule has 2 aromatic heterocycles. The van der Waals surface area contributed by atoms with Gasteiger partial charge in [-0.3, -0.25) is 23.8 Å². The maximum atomic E-state index is 13.0. The van der Waals surface area contributed by atoms with E-state index in [9.17, 15) is 36.0 Å². The molecular formula is C46H52N6O9S6. The maximum absolute atomic E-state index is 13.0. The maximum Gasteiger partial charge on any atom is 0.335 e.